The molecule has 0 radical (unpaired) electrons. The van der Waals surface area contributed by atoms with Gasteiger partial charge in [-0.25, -0.2) is 4.68 Å². The number of ether oxygens (including phenoxy) is 2. The third-order valence-corrected chi connectivity index (χ3v) is 5.97. The molecule has 1 saturated carbocycles. The maximum Gasteiger partial charge on any atom is 0.267 e. The molecule has 1 aliphatic carbocycles. The van der Waals surface area contributed by atoms with Crippen molar-refractivity contribution in [1.29, 1.82) is 0 Å². The van der Waals surface area contributed by atoms with E-state index >= 15 is 0 Å². The summed E-state index contributed by atoms with van der Waals surface area (Å²) in [5, 5.41) is 7.67. The second-order valence-corrected chi connectivity index (χ2v) is 8.12. The third kappa shape index (κ3) is 4.21. The molecule has 1 unspecified atom stereocenters. The van der Waals surface area contributed by atoms with Gasteiger partial charge in [-0.3, -0.25) is 14.6 Å². The van der Waals surface area contributed by atoms with Crippen molar-refractivity contribution in [2.45, 2.75) is 43.9 Å². The lowest BCUT2D eigenvalue weighted by atomic mass is 9.91. The van der Waals surface area contributed by atoms with Gasteiger partial charge in [0.15, 0.2) is 11.5 Å². The molecule has 1 aromatic carbocycles. The van der Waals surface area contributed by atoms with E-state index < -0.39 is 6.10 Å². The van der Waals surface area contributed by atoms with E-state index in [2.05, 4.69) is 15.4 Å². The zero-order valence-electron chi connectivity index (χ0n) is 17.5. The Morgan fingerprint density at radius 1 is 1.00 bits per heavy atom. The number of rotatable bonds is 4. The van der Waals surface area contributed by atoms with Crippen LogP contribution < -0.4 is 20.3 Å². The van der Waals surface area contributed by atoms with Crippen LogP contribution in [-0.2, 0) is 4.79 Å². The first-order chi connectivity index (χ1) is 15.7. The number of pyridine rings is 1. The van der Waals surface area contributed by atoms with Gasteiger partial charge in [0.25, 0.3) is 11.5 Å². The number of hydrogen-bond acceptors (Lipinski definition) is 6. The first-order valence-corrected chi connectivity index (χ1v) is 10.9. The van der Waals surface area contributed by atoms with Crippen molar-refractivity contribution in [3.05, 3.63) is 71.3 Å². The molecule has 1 aliphatic heterocycles. The van der Waals surface area contributed by atoms with Gasteiger partial charge in [-0.2, -0.15) is 5.10 Å². The van der Waals surface area contributed by atoms with Crippen LogP contribution in [0.15, 0.2) is 65.7 Å². The van der Waals surface area contributed by atoms with E-state index in [1.807, 2.05) is 30.3 Å². The molecule has 164 valence electrons. The molecule has 0 saturated heterocycles. The molecule has 3 aromatic rings. The fourth-order valence-electron chi connectivity index (χ4n) is 4.26. The van der Waals surface area contributed by atoms with Gasteiger partial charge in [0, 0.05) is 30.1 Å². The third-order valence-electron chi connectivity index (χ3n) is 5.97. The molecule has 8 heteroatoms. The van der Waals surface area contributed by atoms with Crippen molar-refractivity contribution in [2.24, 2.45) is 0 Å². The number of amides is 1. The molecule has 1 fully saturated rings. The van der Waals surface area contributed by atoms with E-state index in [0.29, 0.717) is 11.5 Å². The number of carbonyl (C=O) groups excluding carboxylic acids is 1. The van der Waals surface area contributed by atoms with Crippen LogP contribution in [0.1, 0.15) is 31.7 Å². The Morgan fingerprint density at radius 2 is 1.81 bits per heavy atom. The molecule has 0 spiro atoms. The minimum atomic E-state index is -0.664. The van der Waals surface area contributed by atoms with E-state index in [9.17, 15) is 9.59 Å². The monoisotopic (exact) mass is 432 g/mol. The molecular formula is C24H24N4O4. The van der Waals surface area contributed by atoms with Gasteiger partial charge >= 0.3 is 0 Å². The molecule has 2 aliphatic rings. The van der Waals surface area contributed by atoms with E-state index in [4.69, 9.17) is 9.47 Å². The molecule has 1 atom stereocenters. The summed E-state index contributed by atoms with van der Waals surface area (Å²) in [5.41, 5.74) is 1.48. The highest BCUT2D eigenvalue weighted by Crippen LogP contribution is 2.31. The van der Waals surface area contributed by atoms with Crippen molar-refractivity contribution in [1.82, 2.24) is 20.1 Å². The lowest BCUT2D eigenvalue weighted by molar-refractivity contribution is -0.131. The summed E-state index contributed by atoms with van der Waals surface area (Å²) in [4.78, 5) is 29.3. The molecular weight excluding hydrogens is 408 g/mol. The van der Waals surface area contributed by atoms with Crippen molar-refractivity contribution >= 4 is 5.91 Å². The van der Waals surface area contributed by atoms with Crippen molar-refractivity contribution < 1.29 is 14.3 Å². The first kappa shape index (κ1) is 20.2. The summed E-state index contributed by atoms with van der Waals surface area (Å²) < 4.78 is 13.0. The molecule has 5 rings (SSSR count). The van der Waals surface area contributed by atoms with Gasteiger partial charge < -0.3 is 14.8 Å². The summed E-state index contributed by atoms with van der Waals surface area (Å²) in [6, 6.07) is 14.4. The zero-order chi connectivity index (χ0) is 21.9. The maximum atomic E-state index is 12.7. The Bertz CT molecular complexity index is 1160. The number of carbonyl (C=O) groups is 1. The number of para-hydroxylation sites is 2. The van der Waals surface area contributed by atoms with Crippen molar-refractivity contribution in [2.75, 3.05) is 6.61 Å². The smallest absolute Gasteiger partial charge is 0.267 e. The van der Waals surface area contributed by atoms with Gasteiger partial charge in [-0.05, 0) is 56.0 Å². The minimum absolute atomic E-state index is 0.00779. The second kappa shape index (κ2) is 8.82. The van der Waals surface area contributed by atoms with E-state index in [1.165, 1.54) is 0 Å². The molecule has 8 nitrogen and oxygen atoms in total. The van der Waals surface area contributed by atoms with Crippen LogP contribution in [0, 0.1) is 0 Å². The molecule has 0 bridgehead atoms. The zero-order valence-corrected chi connectivity index (χ0v) is 17.5. The topological polar surface area (TPSA) is 95.3 Å². The molecule has 3 heterocycles. The van der Waals surface area contributed by atoms with Crippen LogP contribution in [0.2, 0.25) is 0 Å². The SMILES string of the molecule is O=C(NC1CCC(n2nc(-c3cccnc3)ccc2=O)CC1)C1COc2ccccc2O1. The molecule has 32 heavy (non-hydrogen) atoms. The maximum absolute atomic E-state index is 12.7. The number of fused-ring (bicyclic) bond motifs is 1. The van der Waals surface area contributed by atoms with Gasteiger partial charge in [-0.15, -0.1) is 0 Å². The summed E-state index contributed by atoms with van der Waals surface area (Å²) in [5.74, 6) is 1.07. The number of nitrogens with one attached hydrogen (secondary N) is 1. The van der Waals surface area contributed by atoms with Crippen LogP contribution in [-0.4, -0.2) is 39.4 Å². The Kier molecular flexibility index (Phi) is 5.58. The molecule has 2 aromatic heterocycles. The highest BCUT2D eigenvalue weighted by atomic mass is 16.6. The average Bonchev–Trinajstić information content (AvgIpc) is 2.85. The van der Waals surface area contributed by atoms with Crippen LogP contribution in [0.4, 0.5) is 0 Å². The second-order valence-electron chi connectivity index (χ2n) is 8.12. The molecule has 1 N–H and O–H groups in total. The fourth-order valence-corrected chi connectivity index (χ4v) is 4.26. The van der Waals surface area contributed by atoms with Gasteiger partial charge in [0.2, 0.25) is 6.10 Å². The number of nitrogens with zero attached hydrogens (tertiary/aromatic N) is 3. The van der Waals surface area contributed by atoms with Crippen LogP contribution in [0.25, 0.3) is 11.3 Å². The van der Waals surface area contributed by atoms with Gasteiger partial charge in [-0.1, -0.05) is 12.1 Å². The van der Waals surface area contributed by atoms with Crippen molar-refractivity contribution in [3.8, 4) is 22.8 Å². The Balaban J connectivity index is 1.20. The van der Waals surface area contributed by atoms with Crippen LogP contribution in [0.3, 0.4) is 0 Å². The number of benzene rings is 1. The Morgan fingerprint density at radius 3 is 2.59 bits per heavy atom. The average molecular weight is 432 g/mol. The van der Waals surface area contributed by atoms with Crippen molar-refractivity contribution in [3.63, 3.8) is 0 Å². The normalized spacial score (nSPS) is 22.2. The fraction of sp³-hybridized carbons (Fsp3) is 0.333. The van der Waals surface area contributed by atoms with Gasteiger partial charge in [0.05, 0.1) is 11.7 Å². The molecule has 1 amide bonds. The van der Waals surface area contributed by atoms with Crippen LogP contribution in [0.5, 0.6) is 11.5 Å². The quantitative estimate of drug-likeness (QED) is 0.681. The number of aromatic nitrogens is 3. The van der Waals surface area contributed by atoms with Crippen LogP contribution >= 0.6 is 0 Å². The largest absolute Gasteiger partial charge is 0.485 e. The summed E-state index contributed by atoms with van der Waals surface area (Å²) >= 11 is 0. The Hall–Kier alpha value is -3.68. The highest BCUT2D eigenvalue weighted by molar-refractivity contribution is 5.82. The standard InChI is InChI=1S/C24H24N4O4/c29-23-12-11-19(16-4-3-13-25-14-16)27-28(23)18-9-7-17(8-10-18)26-24(30)22-15-31-20-5-1-2-6-21(20)32-22/h1-6,11-14,17-18,22H,7-10,15H2,(H,26,30). The highest BCUT2D eigenvalue weighted by Gasteiger charge is 2.31. The van der Waals surface area contributed by atoms with E-state index in [0.717, 1.165) is 36.9 Å². The summed E-state index contributed by atoms with van der Waals surface area (Å²) in [7, 11) is 0. The number of hydrogen-bond donors (Lipinski definition) is 1. The minimum Gasteiger partial charge on any atom is -0.485 e. The van der Waals surface area contributed by atoms with E-state index in [1.54, 1.807) is 35.3 Å². The van der Waals surface area contributed by atoms with Gasteiger partial charge in [0.1, 0.15) is 6.61 Å². The first-order valence-electron chi connectivity index (χ1n) is 10.9. The predicted molar refractivity (Wildman–Crippen MR) is 118 cm³/mol. The van der Waals surface area contributed by atoms with E-state index in [-0.39, 0.29) is 30.2 Å². The summed E-state index contributed by atoms with van der Waals surface area (Å²) in [6.45, 7) is 0.193. The summed E-state index contributed by atoms with van der Waals surface area (Å²) in [6.07, 6.45) is 5.84. The lowest BCUT2D eigenvalue weighted by Gasteiger charge is -2.31. The lowest BCUT2D eigenvalue weighted by Crippen LogP contribution is -2.48. The Labute approximate surface area is 185 Å². The predicted octanol–water partition coefficient (Wildman–Crippen LogP) is 2.75.